The van der Waals surface area contributed by atoms with Gasteiger partial charge in [0.25, 0.3) is 0 Å². The van der Waals surface area contributed by atoms with Gasteiger partial charge < -0.3 is 9.84 Å². The molecule has 0 unspecified atom stereocenters. The van der Waals surface area contributed by atoms with Crippen LogP contribution in [0.1, 0.15) is 11.7 Å². The maximum atomic E-state index is 11.3. The first-order valence-electron chi connectivity index (χ1n) is 5.02. The van der Waals surface area contributed by atoms with Crippen LogP contribution in [0.2, 0.25) is 5.02 Å². The van der Waals surface area contributed by atoms with Crippen molar-refractivity contribution in [2.75, 3.05) is 7.11 Å². The van der Waals surface area contributed by atoms with Gasteiger partial charge in [-0.1, -0.05) is 41.6 Å². The second-order valence-corrected chi connectivity index (χ2v) is 5.13. The summed E-state index contributed by atoms with van der Waals surface area (Å²) in [5, 5.41) is 10.2. The van der Waals surface area contributed by atoms with Gasteiger partial charge in [0.2, 0.25) is 5.12 Å². The Balaban J connectivity index is 2.27. The van der Waals surface area contributed by atoms with Crippen molar-refractivity contribution in [1.29, 1.82) is 0 Å². The van der Waals surface area contributed by atoms with E-state index in [1.807, 2.05) is 0 Å². The molecule has 3 nitrogen and oxygen atoms in total. The van der Waals surface area contributed by atoms with E-state index >= 15 is 0 Å². The third kappa shape index (κ3) is 2.49. The van der Waals surface area contributed by atoms with E-state index in [9.17, 15) is 9.90 Å². The summed E-state index contributed by atoms with van der Waals surface area (Å²) in [7, 11) is 1.48. The van der Waals surface area contributed by atoms with Crippen molar-refractivity contribution < 1.29 is 14.6 Å². The minimum atomic E-state index is -0.855. The molecule has 2 atom stereocenters. The van der Waals surface area contributed by atoms with Gasteiger partial charge in [-0.15, -0.1) is 0 Å². The van der Waals surface area contributed by atoms with Gasteiger partial charge in [0.05, 0.1) is 13.2 Å². The first-order valence-corrected chi connectivity index (χ1v) is 6.28. The maximum Gasteiger partial charge on any atom is 0.216 e. The van der Waals surface area contributed by atoms with E-state index in [0.29, 0.717) is 16.3 Å². The molecule has 1 aliphatic heterocycles. The lowest BCUT2D eigenvalue weighted by Crippen LogP contribution is -2.16. The number of aliphatic hydroxyl groups excluding tert-OH is 1. The van der Waals surface area contributed by atoms with Crippen LogP contribution < -0.4 is 0 Å². The summed E-state index contributed by atoms with van der Waals surface area (Å²) < 4.78 is 5.09. The number of aliphatic hydroxyl groups is 1. The van der Waals surface area contributed by atoms with E-state index in [-0.39, 0.29) is 5.12 Å². The third-order valence-corrected chi connectivity index (χ3v) is 3.97. The monoisotopic (exact) mass is 270 g/mol. The highest BCUT2D eigenvalue weighted by Crippen LogP contribution is 2.39. The molecule has 1 aliphatic rings. The lowest BCUT2D eigenvalue weighted by atomic mass is 10.1. The summed E-state index contributed by atoms with van der Waals surface area (Å²) in [5.41, 5.74) is 0.601. The Bertz CT molecular complexity index is 473. The number of thioether (sulfide) groups is 1. The smallest absolute Gasteiger partial charge is 0.216 e. The van der Waals surface area contributed by atoms with Crippen molar-refractivity contribution in [3.8, 4) is 0 Å². The molecular weight excluding hydrogens is 260 g/mol. The zero-order valence-corrected chi connectivity index (χ0v) is 10.7. The lowest BCUT2D eigenvalue weighted by Gasteiger charge is -2.20. The summed E-state index contributed by atoms with van der Waals surface area (Å²) in [5.74, 6) is 0.479. The van der Waals surface area contributed by atoms with Crippen LogP contribution in [0, 0.1) is 0 Å². The molecule has 1 aromatic rings. The number of carbonyl (C=O) groups is 1. The molecule has 0 saturated heterocycles. The van der Waals surface area contributed by atoms with Gasteiger partial charge in [0, 0.05) is 16.7 Å². The van der Waals surface area contributed by atoms with Gasteiger partial charge in [0.15, 0.2) is 0 Å². The number of carbonyl (C=O) groups excluding carboxylic acids is 1. The van der Waals surface area contributed by atoms with Crippen molar-refractivity contribution in [2.45, 2.75) is 11.4 Å². The molecule has 0 spiro atoms. The average molecular weight is 271 g/mol. The Morgan fingerprint density at radius 2 is 2.18 bits per heavy atom. The molecule has 2 rings (SSSR count). The van der Waals surface area contributed by atoms with E-state index in [1.165, 1.54) is 13.2 Å². The predicted octanol–water partition coefficient (Wildman–Crippen LogP) is 2.55. The fourth-order valence-corrected chi connectivity index (χ4v) is 2.93. The van der Waals surface area contributed by atoms with Crippen LogP contribution in [0.5, 0.6) is 0 Å². The first-order chi connectivity index (χ1) is 8.13. The molecule has 0 aliphatic carbocycles. The van der Waals surface area contributed by atoms with Crippen LogP contribution in [0.4, 0.5) is 0 Å². The lowest BCUT2D eigenvalue weighted by molar-refractivity contribution is -0.107. The number of ether oxygens (including phenoxy) is 1. The minimum Gasteiger partial charge on any atom is -0.500 e. The summed E-state index contributed by atoms with van der Waals surface area (Å²) in [6, 6.07) is 7.03. The van der Waals surface area contributed by atoms with Crippen LogP contribution in [0.25, 0.3) is 0 Å². The highest BCUT2D eigenvalue weighted by Gasteiger charge is 2.34. The van der Waals surface area contributed by atoms with Crippen molar-refractivity contribution >= 4 is 28.5 Å². The standard InChI is InChI=1S/C12H11ClO3S/c1-16-9-6-10(14)17-12(9)11(15)7-4-2-3-5-8(7)13/h2-6,11-12,15H,1H3/t11-,12-/m1/s1. The number of benzene rings is 1. The van der Waals surface area contributed by atoms with Gasteiger partial charge >= 0.3 is 0 Å². The van der Waals surface area contributed by atoms with Crippen LogP contribution >= 0.6 is 23.4 Å². The second kappa shape index (κ2) is 5.12. The minimum absolute atomic E-state index is 0.113. The molecule has 5 heteroatoms. The molecule has 0 radical (unpaired) electrons. The second-order valence-electron chi connectivity index (χ2n) is 3.57. The summed E-state index contributed by atoms with van der Waals surface area (Å²) >= 11 is 7.06. The van der Waals surface area contributed by atoms with Gasteiger partial charge in [-0.05, 0) is 6.07 Å². The molecule has 0 saturated carbocycles. The summed E-state index contributed by atoms with van der Waals surface area (Å²) in [4.78, 5) is 11.3. The van der Waals surface area contributed by atoms with E-state index in [1.54, 1.807) is 24.3 Å². The predicted molar refractivity (Wildman–Crippen MR) is 67.9 cm³/mol. The first kappa shape index (κ1) is 12.5. The Morgan fingerprint density at radius 1 is 1.47 bits per heavy atom. The Morgan fingerprint density at radius 3 is 2.82 bits per heavy atom. The Hall–Kier alpha value is -0.970. The molecule has 1 N–H and O–H groups in total. The van der Waals surface area contributed by atoms with E-state index in [2.05, 4.69) is 0 Å². The fraction of sp³-hybridized carbons (Fsp3) is 0.250. The Labute approximate surface area is 108 Å². The van der Waals surface area contributed by atoms with Crippen molar-refractivity contribution in [1.82, 2.24) is 0 Å². The number of hydrogen-bond acceptors (Lipinski definition) is 4. The molecule has 0 aromatic heterocycles. The largest absolute Gasteiger partial charge is 0.500 e. The summed E-state index contributed by atoms with van der Waals surface area (Å²) in [6.07, 6.45) is 0.543. The number of methoxy groups -OCH3 is 1. The molecule has 1 aromatic carbocycles. The zero-order chi connectivity index (χ0) is 12.4. The van der Waals surface area contributed by atoms with E-state index < -0.39 is 11.4 Å². The molecule has 0 fully saturated rings. The average Bonchev–Trinajstić information content (AvgIpc) is 2.70. The highest BCUT2D eigenvalue weighted by molar-refractivity contribution is 8.15. The third-order valence-electron chi connectivity index (χ3n) is 2.53. The van der Waals surface area contributed by atoms with E-state index in [0.717, 1.165) is 11.8 Å². The Kier molecular flexibility index (Phi) is 3.76. The van der Waals surface area contributed by atoms with Crippen LogP contribution in [-0.2, 0) is 9.53 Å². The molecule has 17 heavy (non-hydrogen) atoms. The normalized spacial score (nSPS) is 21.2. The molecule has 90 valence electrons. The number of hydrogen-bond donors (Lipinski definition) is 1. The van der Waals surface area contributed by atoms with E-state index in [4.69, 9.17) is 16.3 Å². The quantitative estimate of drug-likeness (QED) is 0.917. The van der Waals surface area contributed by atoms with Gasteiger partial charge in [-0.3, -0.25) is 4.79 Å². The van der Waals surface area contributed by atoms with Crippen LogP contribution in [0.15, 0.2) is 36.1 Å². The van der Waals surface area contributed by atoms with Crippen molar-refractivity contribution in [3.05, 3.63) is 46.7 Å². The molecule has 0 bridgehead atoms. The molecule has 0 amide bonds. The number of halogens is 1. The van der Waals surface area contributed by atoms with Crippen LogP contribution in [-0.4, -0.2) is 22.6 Å². The topological polar surface area (TPSA) is 46.5 Å². The SMILES string of the molecule is COC1=CC(=O)S[C@H]1[C@H](O)c1ccccc1Cl. The van der Waals surface area contributed by atoms with Crippen molar-refractivity contribution in [3.63, 3.8) is 0 Å². The summed E-state index contributed by atoms with van der Waals surface area (Å²) in [6.45, 7) is 0. The molecule has 1 heterocycles. The highest BCUT2D eigenvalue weighted by atomic mass is 35.5. The van der Waals surface area contributed by atoms with Gasteiger partial charge in [-0.2, -0.15) is 0 Å². The fourth-order valence-electron chi connectivity index (χ4n) is 1.69. The molecular formula is C12H11ClO3S. The van der Waals surface area contributed by atoms with Crippen LogP contribution in [0.3, 0.4) is 0 Å². The number of rotatable bonds is 3. The van der Waals surface area contributed by atoms with Crippen molar-refractivity contribution in [2.24, 2.45) is 0 Å². The van der Waals surface area contributed by atoms with Gasteiger partial charge in [0.1, 0.15) is 11.0 Å². The zero-order valence-electron chi connectivity index (χ0n) is 9.09. The van der Waals surface area contributed by atoms with Gasteiger partial charge in [-0.25, -0.2) is 0 Å². The maximum absolute atomic E-state index is 11.3.